The van der Waals surface area contributed by atoms with Crippen LogP contribution in [0.15, 0.2) is 66.4 Å². The normalized spacial score (nSPS) is 15.8. The molecule has 3 heterocycles. The van der Waals surface area contributed by atoms with Crippen molar-refractivity contribution in [3.8, 4) is 0 Å². The summed E-state index contributed by atoms with van der Waals surface area (Å²) < 4.78 is 4.43. The number of allylic oxidation sites excluding steroid dienone is 3. The largest absolute Gasteiger partial charge is 0.347 e. The zero-order valence-corrected chi connectivity index (χ0v) is 22.6. The molecule has 0 saturated heterocycles. The first kappa shape index (κ1) is 24.7. The van der Waals surface area contributed by atoms with Gasteiger partial charge in [0.15, 0.2) is 5.52 Å². The molecule has 2 aromatic heterocycles. The van der Waals surface area contributed by atoms with Crippen LogP contribution in [-0.2, 0) is 23.3 Å². The Morgan fingerprint density at radius 3 is 2.38 bits per heavy atom. The van der Waals surface area contributed by atoms with Gasteiger partial charge in [-0.25, -0.2) is 14.1 Å². The maximum Gasteiger partial charge on any atom is 0.323 e. The number of amides is 1. The van der Waals surface area contributed by atoms with Gasteiger partial charge in [0.1, 0.15) is 12.1 Å². The molecule has 0 bridgehead atoms. The highest BCUT2D eigenvalue weighted by Crippen LogP contribution is 2.47. The number of carbonyl (C=O) groups is 1. The molecule has 0 radical (unpaired) electrons. The van der Waals surface area contributed by atoms with Gasteiger partial charge < -0.3 is 9.80 Å². The van der Waals surface area contributed by atoms with Gasteiger partial charge in [0, 0.05) is 37.0 Å². The Hall–Kier alpha value is -4.00. The van der Waals surface area contributed by atoms with E-state index in [2.05, 4.69) is 78.2 Å². The van der Waals surface area contributed by atoms with Crippen molar-refractivity contribution in [2.45, 2.75) is 46.2 Å². The molecule has 7 nitrogen and oxygen atoms in total. The van der Waals surface area contributed by atoms with E-state index in [0.717, 1.165) is 52.6 Å². The molecule has 0 fully saturated rings. The molecule has 1 aliphatic rings. The van der Waals surface area contributed by atoms with Gasteiger partial charge in [0.2, 0.25) is 11.7 Å². The second-order valence-corrected chi connectivity index (χ2v) is 10.1. The lowest BCUT2D eigenvalue weighted by molar-refractivity contribution is -0.672. The first-order chi connectivity index (χ1) is 17.8. The number of fused-ring (bicyclic) bond motifs is 3. The maximum absolute atomic E-state index is 12.7. The fraction of sp³-hybridized carbons (Fsp3) is 0.333. The summed E-state index contributed by atoms with van der Waals surface area (Å²) in [5.41, 5.74) is 6.77. The summed E-state index contributed by atoms with van der Waals surface area (Å²) in [5.74, 6) is 1.12. The van der Waals surface area contributed by atoms with Crippen molar-refractivity contribution in [3.63, 3.8) is 0 Å². The van der Waals surface area contributed by atoms with E-state index in [0.29, 0.717) is 6.54 Å². The van der Waals surface area contributed by atoms with Crippen LogP contribution < -0.4 is 9.47 Å². The number of aryl methyl sites for hydroxylation is 2. The Morgan fingerprint density at radius 2 is 1.70 bits per heavy atom. The molecule has 7 heteroatoms. The number of rotatable bonds is 6. The number of anilines is 1. The van der Waals surface area contributed by atoms with Crippen LogP contribution in [0.2, 0.25) is 0 Å². The van der Waals surface area contributed by atoms with Crippen LogP contribution in [-0.4, -0.2) is 46.0 Å². The third-order valence-electron chi connectivity index (χ3n) is 7.32. The monoisotopic (exact) mass is 495 g/mol. The highest BCUT2D eigenvalue weighted by atomic mass is 16.2. The van der Waals surface area contributed by atoms with Gasteiger partial charge in [-0.1, -0.05) is 55.2 Å². The van der Waals surface area contributed by atoms with Gasteiger partial charge in [-0.05, 0) is 43.7 Å². The van der Waals surface area contributed by atoms with Crippen molar-refractivity contribution in [2.75, 3.05) is 25.5 Å². The summed E-state index contributed by atoms with van der Waals surface area (Å²) in [6.07, 6.45) is 6.39. The number of likely N-dealkylation sites (N-methyl/N-ethyl adjacent to an activating group) is 1. The summed E-state index contributed by atoms with van der Waals surface area (Å²) in [7, 11) is 3.61. The summed E-state index contributed by atoms with van der Waals surface area (Å²) >= 11 is 0. The molecule has 0 N–H and O–H groups in total. The fourth-order valence-corrected chi connectivity index (χ4v) is 5.32. The smallest absolute Gasteiger partial charge is 0.323 e. The lowest BCUT2D eigenvalue weighted by Crippen LogP contribution is -2.36. The van der Waals surface area contributed by atoms with Crippen molar-refractivity contribution in [2.24, 2.45) is 0 Å². The minimum Gasteiger partial charge on any atom is -0.347 e. The van der Waals surface area contributed by atoms with Crippen molar-refractivity contribution < 1.29 is 9.36 Å². The van der Waals surface area contributed by atoms with Crippen LogP contribution in [0.3, 0.4) is 0 Å². The van der Waals surface area contributed by atoms with Crippen LogP contribution >= 0.6 is 0 Å². The Balaban J connectivity index is 1.61. The molecule has 0 unspecified atom stereocenters. The lowest BCUT2D eigenvalue weighted by Gasteiger charge is -2.27. The molecule has 1 amide bonds. The van der Waals surface area contributed by atoms with E-state index in [-0.39, 0.29) is 11.3 Å². The molecule has 5 rings (SSSR count). The summed E-state index contributed by atoms with van der Waals surface area (Å²) in [6, 6.07) is 16.4. The molecule has 0 aliphatic carbocycles. The molecule has 0 saturated carbocycles. The highest BCUT2D eigenvalue weighted by Gasteiger charge is 2.40. The zero-order valence-electron chi connectivity index (χ0n) is 22.6. The standard InChI is InChI=1S/C30H35N6O/c1-7-34-26(35(8-2)29-28(34)31-22-15-10-11-16-23(22)32-29)19-13-18-25-30(3,4)21-14-9-12-17-24(21)36(25)20-27(37)33(5)6/h9-19H,7-8,20H2,1-6H3/q+1. The number of para-hydroxylation sites is 3. The van der Waals surface area contributed by atoms with Crippen molar-refractivity contribution >= 4 is 40.0 Å². The highest BCUT2D eigenvalue weighted by molar-refractivity contribution is 5.85. The SMILES string of the molecule is CCn1c(/C=C/C=C2/N(CC(=O)N(C)C)c3ccccc3C2(C)C)[n+](CC)c2nc3ccccc3nc21. The van der Waals surface area contributed by atoms with Crippen molar-refractivity contribution in [1.82, 2.24) is 19.4 Å². The molecule has 1 aliphatic heterocycles. The van der Waals surface area contributed by atoms with Gasteiger partial charge in [-0.3, -0.25) is 4.79 Å². The van der Waals surface area contributed by atoms with Crippen molar-refractivity contribution in [1.29, 1.82) is 0 Å². The third-order valence-corrected chi connectivity index (χ3v) is 7.32. The zero-order chi connectivity index (χ0) is 26.3. The predicted molar refractivity (Wildman–Crippen MR) is 149 cm³/mol. The van der Waals surface area contributed by atoms with E-state index in [1.54, 1.807) is 19.0 Å². The second kappa shape index (κ2) is 9.47. The molecule has 0 atom stereocenters. The second-order valence-electron chi connectivity index (χ2n) is 10.1. The summed E-state index contributed by atoms with van der Waals surface area (Å²) in [5, 5.41) is 0. The van der Waals surface area contributed by atoms with Gasteiger partial charge in [0.25, 0.3) is 5.65 Å². The minimum atomic E-state index is -0.230. The van der Waals surface area contributed by atoms with E-state index in [1.165, 1.54) is 5.56 Å². The van der Waals surface area contributed by atoms with Gasteiger partial charge in [-0.2, -0.15) is 0 Å². The Kier molecular flexibility index (Phi) is 6.31. The Morgan fingerprint density at radius 1 is 1.03 bits per heavy atom. The number of aromatic nitrogens is 4. The fourth-order valence-electron chi connectivity index (χ4n) is 5.32. The lowest BCUT2D eigenvalue weighted by atomic mass is 9.84. The van der Waals surface area contributed by atoms with E-state index >= 15 is 0 Å². The summed E-state index contributed by atoms with van der Waals surface area (Å²) in [4.78, 5) is 26.5. The Labute approximate surface area is 218 Å². The number of hydrogen-bond donors (Lipinski definition) is 0. The number of hydrogen-bond acceptors (Lipinski definition) is 4. The summed E-state index contributed by atoms with van der Waals surface area (Å²) in [6.45, 7) is 10.6. The third kappa shape index (κ3) is 4.08. The molecule has 2 aromatic carbocycles. The van der Waals surface area contributed by atoms with Crippen LogP contribution in [0.5, 0.6) is 0 Å². The average molecular weight is 496 g/mol. The molecule has 37 heavy (non-hydrogen) atoms. The number of nitrogens with zero attached hydrogens (tertiary/aromatic N) is 6. The van der Waals surface area contributed by atoms with E-state index in [9.17, 15) is 4.79 Å². The van der Waals surface area contributed by atoms with Gasteiger partial charge in [-0.15, -0.1) is 0 Å². The van der Waals surface area contributed by atoms with Crippen LogP contribution in [0.4, 0.5) is 5.69 Å². The van der Waals surface area contributed by atoms with E-state index < -0.39 is 0 Å². The number of carbonyl (C=O) groups excluding carboxylic acids is 1. The molecule has 190 valence electrons. The first-order valence-electron chi connectivity index (χ1n) is 12.9. The van der Waals surface area contributed by atoms with Crippen molar-refractivity contribution in [3.05, 3.63) is 77.8 Å². The average Bonchev–Trinajstić information content (AvgIpc) is 3.30. The quantitative estimate of drug-likeness (QED) is 0.364. The number of benzene rings is 2. The molecular weight excluding hydrogens is 460 g/mol. The Bertz CT molecular complexity index is 1500. The van der Waals surface area contributed by atoms with E-state index in [1.807, 2.05) is 30.3 Å². The van der Waals surface area contributed by atoms with E-state index in [4.69, 9.17) is 9.97 Å². The minimum absolute atomic E-state index is 0.0709. The van der Waals surface area contributed by atoms with Gasteiger partial charge in [0.05, 0.1) is 13.1 Å². The number of imidazole rings is 1. The van der Waals surface area contributed by atoms with Crippen LogP contribution in [0, 0.1) is 0 Å². The molecule has 4 aromatic rings. The van der Waals surface area contributed by atoms with Crippen LogP contribution in [0.25, 0.3) is 28.4 Å². The molecular formula is C30H35N6O+. The van der Waals surface area contributed by atoms with Gasteiger partial charge >= 0.3 is 5.65 Å². The first-order valence-corrected chi connectivity index (χ1v) is 12.9. The maximum atomic E-state index is 12.7. The topological polar surface area (TPSA) is 58.1 Å². The predicted octanol–water partition coefficient (Wildman–Crippen LogP) is 4.69. The van der Waals surface area contributed by atoms with Crippen LogP contribution in [0.1, 0.15) is 39.1 Å². The molecule has 0 spiro atoms.